The highest BCUT2D eigenvalue weighted by molar-refractivity contribution is 7.99. The van der Waals surface area contributed by atoms with Crippen LogP contribution in [0.2, 0.25) is 0 Å². The van der Waals surface area contributed by atoms with Crippen LogP contribution in [0.1, 0.15) is 24.5 Å². The lowest BCUT2D eigenvalue weighted by Gasteiger charge is -2.17. The van der Waals surface area contributed by atoms with Crippen LogP contribution >= 0.6 is 24.2 Å². The fourth-order valence-electron chi connectivity index (χ4n) is 2.83. The number of rotatable bonds is 12. The van der Waals surface area contributed by atoms with Crippen molar-refractivity contribution in [1.29, 1.82) is 0 Å². The fourth-order valence-corrected chi connectivity index (χ4v) is 3.61. The van der Waals surface area contributed by atoms with Gasteiger partial charge in [0.25, 0.3) is 0 Å². The van der Waals surface area contributed by atoms with Crippen molar-refractivity contribution in [1.82, 2.24) is 25.5 Å². The minimum absolute atomic E-state index is 0. The molecule has 7 nitrogen and oxygen atoms in total. The number of aromatic nitrogens is 4. The second-order valence-corrected chi connectivity index (χ2v) is 7.58. The summed E-state index contributed by atoms with van der Waals surface area (Å²) in [4.78, 5) is 0. The fraction of sp³-hybridized carbons (Fsp3) is 0.381. The maximum atomic E-state index is 14.0. The normalized spacial score (nSPS) is 10.5. The van der Waals surface area contributed by atoms with Gasteiger partial charge >= 0.3 is 0 Å². The van der Waals surface area contributed by atoms with Crippen LogP contribution in [0.15, 0.2) is 47.6 Å². The van der Waals surface area contributed by atoms with Crippen molar-refractivity contribution in [2.24, 2.45) is 7.05 Å². The molecule has 0 radical (unpaired) electrons. The van der Waals surface area contributed by atoms with Crippen LogP contribution in [0, 0.1) is 5.82 Å². The van der Waals surface area contributed by atoms with Gasteiger partial charge in [-0.25, -0.2) is 9.07 Å². The molecular weight excluding hydrogens is 441 g/mol. The number of para-hydroxylation sites is 1. The zero-order valence-corrected chi connectivity index (χ0v) is 19.2. The Balaban J connectivity index is 0.00000341. The number of ether oxygens (including phenoxy) is 2. The van der Waals surface area contributed by atoms with Gasteiger partial charge < -0.3 is 14.8 Å². The molecule has 168 valence electrons. The van der Waals surface area contributed by atoms with E-state index in [1.165, 1.54) is 6.07 Å². The van der Waals surface area contributed by atoms with E-state index < -0.39 is 0 Å². The van der Waals surface area contributed by atoms with E-state index in [1.54, 1.807) is 34.6 Å². The molecule has 10 heteroatoms. The predicted octanol–water partition coefficient (Wildman–Crippen LogP) is 4.02. The molecule has 0 aliphatic heterocycles. The van der Waals surface area contributed by atoms with Gasteiger partial charge in [-0.2, -0.15) is 0 Å². The Labute approximate surface area is 192 Å². The van der Waals surface area contributed by atoms with Crippen LogP contribution in [0.5, 0.6) is 11.5 Å². The molecule has 0 aliphatic rings. The van der Waals surface area contributed by atoms with Crippen LogP contribution in [0.3, 0.4) is 0 Å². The van der Waals surface area contributed by atoms with E-state index >= 15 is 0 Å². The van der Waals surface area contributed by atoms with Gasteiger partial charge in [0.05, 0.1) is 6.61 Å². The number of halogens is 2. The van der Waals surface area contributed by atoms with Crippen LogP contribution in [-0.2, 0) is 20.2 Å². The molecule has 0 fully saturated rings. The van der Waals surface area contributed by atoms with Crippen molar-refractivity contribution in [3.63, 3.8) is 0 Å². The molecule has 0 atom stereocenters. The summed E-state index contributed by atoms with van der Waals surface area (Å²) in [6, 6.07) is 12.4. The lowest BCUT2D eigenvalue weighted by atomic mass is 10.1. The van der Waals surface area contributed by atoms with Crippen molar-refractivity contribution >= 4 is 24.2 Å². The van der Waals surface area contributed by atoms with Gasteiger partial charge in [0.2, 0.25) is 5.16 Å². The largest absolute Gasteiger partial charge is 0.490 e. The van der Waals surface area contributed by atoms with Crippen molar-refractivity contribution < 1.29 is 13.9 Å². The number of nitrogens with zero attached hydrogens (tertiary/aromatic N) is 4. The summed E-state index contributed by atoms with van der Waals surface area (Å²) >= 11 is 1.63. The van der Waals surface area contributed by atoms with Crippen molar-refractivity contribution in [2.45, 2.75) is 31.7 Å². The highest BCUT2D eigenvalue weighted by Gasteiger charge is 2.12. The monoisotopic (exact) mass is 467 g/mol. The molecule has 1 heterocycles. The first-order valence-corrected chi connectivity index (χ1v) is 10.8. The molecule has 0 saturated heterocycles. The highest BCUT2D eigenvalue weighted by Crippen LogP contribution is 2.32. The first-order chi connectivity index (χ1) is 14.7. The third-order valence-corrected chi connectivity index (χ3v) is 5.41. The van der Waals surface area contributed by atoms with E-state index in [-0.39, 0.29) is 24.8 Å². The smallest absolute Gasteiger partial charge is 0.209 e. The molecule has 0 unspecified atom stereocenters. The number of aryl methyl sites for hydroxylation is 1. The molecule has 0 saturated carbocycles. The standard InChI is InChI=1S/C21H26FN5O2S.ClH/c1-3-28-19-11-6-9-16(20(19)29-15-17-8-4-5-10-18(17)22)14-23-12-7-13-30-21-24-25-26-27(21)2;/h4-6,8-11,23H,3,7,12-15H2,1-2H3;1H. The number of nitrogens with one attached hydrogen (secondary N) is 1. The van der Waals surface area contributed by atoms with Crippen LogP contribution in [0.4, 0.5) is 4.39 Å². The van der Waals surface area contributed by atoms with Gasteiger partial charge in [0.1, 0.15) is 12.4 Å². The topological polar surface area (TPSA) is 74.1 Å². The minimum atomic E-state index is -0.276. The summed E-state index contributed by atoms with van der Waals surface area (Å²) in [5.74, 6) is 1.95. The Morgan fingerprint density at radius 2 is 1.90 bits per heavy atom. The molecule has 1 aromatic heterocycles. The number of thioether (sulfide) groups is 1. The summed E-state index contributed by atoms with van der Waals surface area (Å²) in [6.45, 7) is 4.07. The van der Waals surface area contributed by atoms with Crippen molar-refractivity contribution in [3.05, 3.63) is 59.4 Å². The maximum Gasteiger partial charge on any atom is 0.209 e. The van der Waals surface area contributed by atoms with Crippen LogP contribution < -0.4 is 14.8 Å². The second kappa shape index (κ2) is 13.1. The van der Waals surface area contributed by atoms with E-state index in [0.717, 1.165) is 29.4 Å². The first kappa shape index (κ1) is 24.9. The van der Waals surface area contributed by atoms with E-state index in [2.05, 4.69) is 20.8 Å². The van der Waals surface area contributed by atoms with Gasteiger partial charge in [-0.1, -0.05) is 42.1 Å². The zero-order chi connectivity index (χ0) is 21.2. The van der Waals surface area contributed by atoms with Crippen molar-refractivity contribution in [2.75, 3.05) is 18.9 Å². The zero-order valence-electron chi connectivity index (χ0n) is 17.6. The molecule has 2 aromatic carbocycles. The lowest BCUT2D eigenvalue weighted by molar-refractivity contribution is 0.262. The Morgan fingerprint density at radius 1 is 1.10 bits per heavy atom. The van der Waals surface area contributed by atoms with Crippen LogP contribution in [-0.4, -0.2) is 39.1 Å². The Kier molecular flexibility index (Phi) is 10.6. The average molecular weight is 468 g/mol. The van der Waals surface area contributed by atoms with Gasteiger partial charge in [-0.3, -0.25) is 0 Å². The highest BCUT2D eigenvalue weighted by atomic mass is 35.5. The predicted molar refractivity (Wildman–Crippen MR) is 121 cm³/mol. The van der Waals surface area contributed by atoms with Gasteiger partial charge in [-0.05, 0) is 42.4 Å². The summed E-state index contributed by atoms with van der Waals surface area (Å²) < 4.78 is 27.3. The quantitative estimate of drug-likeness (QED) is 0.318. The maximum absolute atomic E-state index is 14.0. The summed E-state index contributed by atoms with van der Waals surface area (Å²) in [7, 11) is 1.83. The van der Waals surface area contributed by atoms with E-state index in [4.69, 9.17) is 9.47 Å². The van der Waals surface area contributed by atoms with Gasteiger partial charge in [-0.15, -0.1) is 17.5 Å². The van der Waals surface area contributed by atoms with E-state index in [0.29, 0.717) is 30.2 Å². The molecule has 0 bridgehead atoms. The summed E-state index contributed by atoms with van der Waals surface area (Å²) in [6.07, 6.45) is 0.966. The summed E-state index contributed by atoms with van der Waals surface area (Å²) in [5.41, 5.74) is 1.49. The Hall–Kier alpha value is -2.36. The number of benzene rings is 2. The Bertz CT molecular complexity index is 944. The third kappa shape index (κ3) is 7.37. The van der Waals surface area contributed by atoms with Gasteiger partial charge in [0, 0.05) is 30.5 Å². The average Bonchev–Trinajstić information content (AvgIpc) is 3.16. The minimum Gasteiger partial charge on any atom is -0.490 e. The van der Waals surface area contributed by atoms with Crippen molar-refractivity contribution in [3.8, 4) is 11.5 Å². The molecule has 3 aromatic rings. The number of tetrazole rings is 1. The number of hydrogen-bond acceptors (Lipinski definition) is 7. The third-order valence-electron chi connectivity index (χ3n) is 4.32. The van der Waals surface area contributed by atoms with E-state index in [9.17, 15) is 4.39 Å². The molecule has 0 amide bonds. The molecule has 0 aliphatic carbocycles. The van der Waals surface area contributed by atoms with Crippen LogP contribution in [0.25, 0.3) is 0 Å². The van der Waals surface area contributed by atoms with E-state index in [1.807, 2.05) is 32.2 Å². The SMILES string of the molecule is CCOc1cccc(CNCCCSc2nnnn2C)c1OCc1ccccc1F.Cl. The number of hydrogen-bond donors (Lipinski definition) is 1. The Morgan fingerprint density at radius 3 is 2.65 bits per heavy atom. The molecule has 1 N–H and O–H groups in total. The molecule has 31 heavy (non-hydrogen) atoms. The lowest BCUT2D eigenvalue weighted by Crippen LogP contribution is -2.16. The molecule has 3 rings (SSSR count). The first-order valence-electron chi connectivity index (χ1n) is 9.85. The molecular formula is C21H27ClFN5O2S. The summed E-state index contributed by atoms with van der Waals surface area (Å²) in [5, 5.41) is 15.7. The molecule has 0 spiro atoms. The van der Waals surface area contributed by atoms with Gasteiger partial charge in [0.15, 0.2) is 11.5 Å². The second-order valence-electron chi connectivity index (χ2n) is 6.52.